The Labute approximate surface area is 259 Å². The van der Waals surface area contributed by atoms with Gasteiger partial charge in [-0.1, -0.05) is 18.9 Å². The Hall–Kier alpha value is -3.51. The van der Waals surface area contributed by atoms with Gasteiger partial charge in [0.25, 0.3) is 5.91 Å². The maximum absolute atomic E-state index is 13.4. The average molecular weight is 650 g/mol. The Morgan fingerprint density at radius 2 is 1.86 bits per heavy atom. The fraction of sp³-hybridized carbons (Fsp3) is 0.400. The minimum Gasteiger partial charge on any atom is -0.388 e. The van der Waals surface area contributed by atoms with E-state index in [1.54, 1.807) is 0 Å². The van der Waals surface area contributed by atoms with Gasteiger partial charge in [-0.2, -0.15) is 13.9 Å². The van der Waals surface area contributed by atoms with Gasteiger partial charge < -0.3 is 30.5 Å². The van der Waals surface area contributed by atoms with E-state index in [4.69, 9.17) is 20.3 Å². The van der Waals surface area contributed by atoms with Crippen molar-refractivity contribution in [3.05, 3.63) is 58.6 Å². The van der Waals surface area contributed by atoms with Crippen LogP contribution in [0.2, 0.25) is 0 Å². The number of H-pyrrole nitrogens is 1. The van der Waals surface area contributed by atoms with Crippen molar-refractivity contribution < 1.29 is 33.0 Å². The molecule has 2 saturated heterocycles. The summed E-state index contributed by atoms with van der Waals surface area (Å²) in [5.74, 6) is -0.215. The molecule has 4 aromatic rings. The number of carbonyl (C=O) groups is 3. The zero-order valence-corrected chi connectivity index (χ0v) is 26.4. The molecule has 10 nitrogen and oxygen atoms in total. The Balaban J connectivity index is 0.000000180. The lowest BCUT2D eigenvalue weighted by Crippen LogP contribution is -2.36. The first-order valence-electron chi connectivity index (χ1n) is 14.1. The van der Waals surface area contributed by atoms with Gasteiger partial charge in [0.1, 0.15) is 6.79 Å². The number of benzene rings is 2. The number of hydrogen-bond acceptors (Lipinski definition) is 8. The molecule has 2 aliphatic rings. The quantitative estimate of drug-likeness (QED) is 0.169. The second-order valence-electron chi connectivity index (χ2n) is 10.4. The topological polar surface area (TPSA) is 162 Å². The number of nitrogens with one attached hydrogen (secondary N) is 2. The summed E-state index contributed by atoms with van der Waals surface area (Å²) >= 11 is 1.09. The van der Waals surface area contributed by atoms with Crippen LogP contribution in [0.4, 0.5) is 14.5 Å². The number of nitrogens with zero attached hydrogens (tertiary/aromatic N) is 2. The van der Waals surface area contributed by atoms with Crippen molar-refractivity contribution in [1.82, 2.24) is 15.1 Å². The average Bonchev–Trinajstić information content (AvgIpc) is 3.75. The molecule has 4 heterocycles. The number of aromatic amines is 1. The zero-order valence-electron chi connectivity index (χ0n) is 24.7. The van der Waals surface area contributed by atoms with Crippen LogP contribution in [-0.4, -0.2) is 63.1 Å². The second-order valence-corrected chi connectivity index (χ2v) is 12.6. The number of thiophene rings is 1. The summed E-state index contributed by atoms with van der Waals surface area (Å²) in [7, 11) is -1.49. The number of aryl methyl sites for hydroxylation is 1. The third kappa shape index (κ3) is 8.56. The molecule has 0 spiro atoms. The van der Waals surface area contributed by atoms with Crippen molar-refractivity contribution in [3.63, 3.8) is 0 Å². The Morgan fingerprint density at radius 1 is 1.14 bits per heavy atom. The number of anilines is 1. The fourth-order valence-electron chi connectivity index (χ4n) is 5.20. The Kier molecular flexibility index (Phi) is 12.7. The van der Waals surface area contributed by atoms with Crippen molar-refractivity contribution in [1.29, 1.82) is 0 Å². The number of hydrogen-bond donors (Lipinski definition) is 5. The van der Waals surface area contributed by atoms with Crippen LogP contribution in [0.5, 0.6) is 0 Å². The summed E-state index contributed by atoms with van der Waals surface area (Å²) in [6, 6.07) is 11.7. The highest BCUT2D eigenvalue weighted by atomic mass is 32.1. The molecule has 2 fully saturated rings. The largest absolute Gasteiger partial charge is 0.388 e. The van der Waals surface area contributed by atoms with Gasteiger partial charge in [0.05, 0.1) is 10.4 Å². The first kappa shape index (κ1) is 35.0. The number of amides is 2. The summed E-state index contributed by atoms with van der Waals surface area (Å²) in [4.78, 5) is 50.3. The molecule has 6 N–H and O–H groups in total. The van der Waals surface area contributed by atoms with E-state index in [1.165, 1.54) is 49.6 Å². The molecule has 44 heavy (non-hydrogen) atoms. The van der Waals surface area contributed by atoms with Crippen molar-refractivity contribution in [2.75, 3.05) is 18.9 Å². The van der Waals surface area contributed by atoms with Crippen LogP contribution in [0.3, 0.4) is 0 Å². The molecule has 1 unspecified atom stereocenters. The zero-order chi connectivity index (χ0) is 32.4. The molecule has 2 amide bonds. The van der Waals surface area contributed by atoms with Gasteiger partial charge in [-0.15, -0.1) is 11.3 Å². The SMILES string of the molecule is C=O.CNc1ccc2n[nH]c(C)c2c1.NC(=O)c1cc2cc(C(F)(F)P(O)O)ccc2s1.O=C1CCCCCC2CCCN12. The van der Waals surface area contributed by atoms with E-state index < -0.39 is 25.5 Å². The van der Waals surface area contributed by atoms with E-state index in [0.29, 0.717) is 22.0 Å². The molecule has 0 radical (unpaired) electrons. The van der Waals surface area contributed by atoms with Gasteiger partial charge in [0.2, 0.25) is 14.3 Å². The summed E-state index contributed by atoms with van der Waals surface area (Å²) in [5, 5.41) is 11.8. The number of primary amides is 1. The number of fused-ring (bicyclic) bond motifs is 3. The van der Waals surface area contributed by atoms with Crippen LogP contribution >= 0.6 is 19.7 Å². The molecule has 2 aromatic heterocycles. The number of aromatic nitrogens is 2. The number of rotatable bonds is 4. The van der Waals surface area contributed by atoms with Crippen LogP contribution in [-0.2, 0) is 15.3 Å². The summed E-state index contributed by atoms with van der Waals surface area (Å²) in [6.45, 7) is 5.05. The molecular weight excluding hydrogens is 611 g/mol. The highest BCUT2D eigenvalue weighted by Crippen LogP contribution is 2.53. The first-order chi connectivity index (χ1) is 21.0. The smallest absolute Gasteiger partial charge is 0.339 e. The van der Waals surface area contributed by atoms with Crippen LogP contribution in [0.15, 0.2) is 42.5 Å². The normalized spacial score (nSPS) is 16.5. The molecule has 2 aromatic carbocycles. The molecule has 1 atom stereocenters. The summed E-state index contributed by atoms with van der Waals surface area (Å²) in [6.07, 6.45) is 8.25. The lowest BCUT2D eigenvalue weighted by molar-refractivity contribution is -0.132. The van der Waals surface area contributed by atoms with Gasteiger partial charge in [-0.3, -0.25) is 14.7 Å². The van der Waals surface area contributed by atoms with Crippen LogP contribution in [0, 0.1) is 6.92 Å². The van der Waals surface area contributed by atoms with Crippen molar-refractivity contribution in [2.24, 2.45) is 5.73 Å². The first-order valence-corrected chi connectivity index (χ1v) is 16.2. The van der Waals surface area contributed by atoms with Gasteiger partial charge in [0, 0.05) is 53.1 Å². The van der Waals surface area contributed by atoms with E-state index in [9.17, 15) is 18.4 Å². The van der Waals surface area contributed by atoms with Crippen LogP contribution in [0.1, 0.15) is 65.9 Å². The van der Waals surface area contributed by atoms with Gasteiger partial charge in [0.15, 0.2) is 0 Å². The minimum atomic E-state index is -3.70. The van der Waals surface area contributed by atoms with Crippen LogP contribution in [0.25, 0.3) is 21.0 Å². The lowest BCUT2D eigenvalue weighted by Gasteiger charge is -2.26. The third-order valence-electron chi connectivity index (χ3n) is 7.52. The third-order valence-corrected chi connectivity index (χ3v) is 9.41. The molecule has 14 heteroatoms. The molecule has 0 bridgehead atoms. The maximum atomic E-state index is 13.4. The van der Waals surface area contributed by atoms with Crippen molar-refractivity contribution in [3.8, 4) is 0 Å². The number of alkyl halides is 2. The monoisotopic (exact) mass is 649 g/mol. The molecule has 0 aliphatic carbocycles. The minimum absolute atomic E-state index is 0.265. The molecule has 238 valence electrons. The molecule has 0 saturated carbocycles. The van der Waals surface area contributed by atoms with E-state index >= 15 is 0 Å². The predicted molar refractivity (Wildman–Crippen MR) is 171 cm³/mol. The number of halogens is 2. The standard InChI is InChI=1S/C10H8F2NO3PS.C10H17NO.C9H11N3.CH2O/c11-10(12,17(15)16)6-1-2-7-5(3-6)4-8(18-7)9(13)14;12-10-7-3-1-2-5-9-6-4-8-11(9)10;1-6-8-5-7(10-2)3-4-9(8)12-11-6;1-2/h1-4,15-16H,(H2,13,14);9H,1-8H2;3-5,10H,1-2H3,(H,11,12);1H2. The second kappa shape index (κ2) is 16.0. The van der Waals surface area contributed by atoms with E-state index in [-0.39, 0.29) is 4.88 Å². The van der Waals surface area contributed by atoms with Crippen molar-refractivity contribution in [2.45, 2.75) is 63.6 Å². The lowest BCUT2D eigenvalue weighted by atomic mass is 10.0. The molecular formula is C30H38F2N5O5PS. The highest BCUT2D eigenvalue weighted by Gasteiger charge is 2.41. The molecule has 6 rings (SSSR count). The van der Waals surface area contributed by atoms with E-state index in [0.717, 1.165) is 59.8 Å². The van der Waals surface area contributed by atoms with E-state index in [2.05, 4.69) is 26.5 Å². The predicted octanol–water partition coefficient (Wildman–Crippen LogP) is 6.02. The fourth-order valence-corrected chi connectivity index (χ4v) is 6.47. The van der Waals surface area contributed by atoms with Crippen LogP contribution < -0.4 is 11.1 Å². The molecule has 2 aliphatic heterocycles. The van der Waals surface area contributed by atoms with Gasteiger partial charge in [-0.25, -0.2) is 0 Å². The van der Waals surface area contributed by atoms with E-state index in [1.807, 2.05) is 32.9 Å². The Morgan fingerprint density at radius 3 is 2.55 bits per heavy atom. The highest BCUT2D eigenvalue weighted by molar-refractivity contribution is 7.46. The summed E-state index contributed by atoms with van der Waals surface area (Å²) in [5.41, 5.74) is 4.15. The van der Waals surface area contributed by atoms with Crippen molar-refractivity contribution >= 4 is 65.0 Å². The Bertz CT molecular complexity index is 1560. The number of nitrogens with two attached hydrogens (primary N) is 1. The summed E-state index contributed by atoms with van der Waals surface area (Å²) < 4.78 is 27.5. The van der Waals surface area contributed by atoms with Gasteiger partial charge >= 0.3 is 5.66 Å². The maximum Gasteiger partial charge on any atom is 0.339 e. The number of carbonyl (C=O) groups excluding carboxylic acids is 3. The van der Waals surface area contributed by atoms with Gasteiger partial charge in [-0.05, 0) is 74.4 Å².